The molecule has 4 aromatic rings. The summed E-state index contributed by atoms with van der Waals surface area (Å²) in [7, 11) is 0. The fraction of sp³-hybridized carbons (Fsp3) is 0.0435. The lowest BCUT2D eigenvalue weighted by Crippen LogP contribution is -2.05. The summed E-state index contributed by atoms with van der Waals surface area (Å²) in [5.41, 5.74) is 4.98. The molecule has 3 aromatic carbocycles. The standard InChI is InChI=1S/C23H16ClF3N4/c24-20-12-11-18(23(25,26)27)13-21(20)29-28-14-17-15-31(19-9-5-2-6-10-19)30-22(17)16-7-3-1-4-8-16/h1-15,29H/b28-14-. The van der Waals surface area contributed by atoms with Crippen molar-refractivity contribution >= 4 is 23.5 Å². The molecule has 0 atom stereocenters. The molecule has 156 valence electrons. The number of halogens is 4. The Morgan fingerprint density at radius 2 is 1.61 bits per heavy atom. The van der Waals surface area contributed by atoms with Gasteiger partial charge in [-0.15, -0.1) is 0 Å². The van der Waals surface area contributed by atoms with Crippen LogP contribution in [0.3, 0.4) is 0 Å². The number of nitrogens with one attached hydrogen (secondary N) is 1. The molecule has 4 nitrogen and oxygen atoms in total. The highest BCUT2D eigenvalue weighted by Gasteiger charge is 2.30. The van der Waals surface area contributed by atoms with Crippen molar-refractivity contribution in [2.75, 3.05) is 5.43 Å². The van der Waals surface area contributed by atoms with Gasteiger partial charge in [-0.2, -0.15) is 23.4 Å². The molecule has 0 amide bonds. The van der Waals surface area contributed by atoms with Crippen LogP contribution >= 0.6 is 11.6 Å². The fourth-order valence-electron chi connectivity index (χ4n) is 2.97. The molecule has 0 saturated carbocycles. The number of hydrogen-bond donors (Lipinski definition) is 1. The lowest BCUT2D eigenvalue weighted by Gasteiger charge is -2.09. The lowest BCUT2D eigenvalue weighted by molar-refractivity contribution is -0.137. The molecule has 4 rings (SSSR count). The Hall–Kier alpha value is -3.58. The second-order valence-corrected chi connectivity index (χ2v) is 7.05. The molecule has 0 radical (unpaired) electrons. The van der Waals surface area contributed by atoms with E-state index in [4.69, 9.17) is 11.6 Å². The quantitative estimate of drug-likeness (QED) is 0.278. The second kappa shape index (κ2) is 8.65. The number of hydrogen-bond acceptors (Lipinski definition) is 3. The van der Waals surface area contributed by atoms with E-state index in [0.29, 0.717) is 11.3 Å². The van der Waals surface area contributed by atoms with Crippen molar-refractivity contribution in [2.24, 2.45) is 5.10 Å². The van der Waals surface area contributed by atoms with Gasteiger partial charge in [0, 0.05) is 17.3 Å². The highest BCUT2D eigenvalue weighted by atomic mass is 35.5. The van der Waals surface area contributed by atoms with E-state index < -0.39 is 11.7 Å². The molecule has 0 aliphatic heterocycles. The molecule has 1 N–H and O–H groups in total. The van der Waals surface area contributed by atoms with Crippen molar-refractivity contribution in [2.45, 2.75) is 6.18 Å². The zero-order chi connectivity index (χ0) is 21.8. The van der Waals surface area contributed by atoms with E-state index in [9.17, 15) is 13.2 Å². The largest absolute Gasteiger partial charge is 0.416 e. The van der Waals surface area contributed by atoms with Gasteiger partial charge >= 0.3 is 6.18 Å². The van der Waals surface area contributed by atoms with Crippen LogP contribution in [-0.2, 0) is 6.18 Å². The number of anilines is 1. The van der Waals surface area contributed by atoms with Crippen molar-refractivity contribution in [3.63, 3.8) is 0 Å². The maximum atomic E-state index is 13.0. The van der Waals surface area contributed by atoms with E-state index in [0.717, 1.165) is 23.4 Å². The summed E-state index contributed by atoms with van der Waals surface area (Å²) < 4.78 is 40.6. The summed E-state index contributed by atoms with van der Waals surface area (Å²) >= 11 is 6.02. The zero-order valence-electron chi connectivity index (χ0n) is 16.0. The summed E-state index contributed by atoms with van der Waals surface area (Å²) in [6.07, 6.45) is -1.16. The summed E-state index contributed by atoms with van der Waals surface area (Å²) in [5, 5.41) is 8.90. The molecule has 0 bridgehead atoms. The summed E-state index contributed by atoms with van der Waals surface area (Å²) in [4.78, 5) is 0. The van der Waals surface area contributed by atoms with Crippen LogP contribution in [0.1, 0.15) is 11.1 Å². The van der Waals surface area contributed by atoms with Crippen LogP contribution in [0, 0.1) is 0 Å². The second-order valence-electron chi connectivity index (χ2n) is 6.64. The first-order valence-electron chi connectivity index (χ1n) is 9.28. The lowest BCUT2D eigenvalue weighted by atomic mass is 10.1. The number of aromatic nitrogens is 2. The average Bonchev–Trinajstić information content (AvgIpc) is 3.20. The molecule has 0 aliphatic rings. The number of nitrogens with zero attached hydrogens (tertiary/aromatic N) is 3. The Balaban J connectivity index is 1.67. The van der Waals surface area contributed by atoms with Gasteiger partial charge in [0.25, 0.3) is 0 Å². The number of alkyl halides is 3. The number of benzene rings is 3. The van der Waals surface area contributed by atoms with Crippen molar-refractivity contribution in [1.82, 2.24) is 9.78 Å². The first kappa shape index (κ1) is 20.7. The van der Waals surface area contributed by atoms with E-state index in [1.54, 1.807) is 10.9 Å². The van der Waals surface area contributed by atoms with Crippen molar-refractivity contribution in [1.29, 1.82) is 0 Å². The molecule has 1 aromatic heterocycles. The van der Waals surface area contributed by atoms with Gasteiger partial charge < -0.3 is 0 Å². The van der Waals surface area contributed by atoms with Gasteiger partial charge in [0.2, 0.25) is 0 Å². The Labute approximate surface area is 181 Å². The summed E-state index contributed by atoms with van der Waals surface area (Å²) in [5.74, 6) is 0. The minimum Gasteiger partial charge on any atom is -0.277 e. The fourth-order valence-corrected chi connectivity index (χ4v) is 3.13. The molecular formula is C23H16ClF3N4. The van der Waals surface area contributed by atoms with E-state index in [2.05, 4.69) is 15.6 Å². The molecule has 1 heterocycles. The first-order valence-corrected chi connectivity index (χ1v) is 9.66. The Bertz CT molecular complexity index is 1200. The Kier molecular flexibility index (Phi) is 5.77. The smallest absolute Gasteiger partial charge is 0.277 e. The van der Waals surface area contributed by atoms with Crippen molar-refractivity contribution in [3.8, 4) is 16.9 Å². The Morgan fingerprint density at radius 3 is 2.29 bits per heavy atom. The topological polar surface area (TPSA) is 42.2 Å². The van der Waals surface area contributed by atoms with Crippen LogP contribution in [0.2, 0.25) is 5.02 Å². The SMILES string of the molecule is FC(F)(F)c1ccc(Cl)c(N/N=C\c2cn(-c3ccccc3)nc2-c2ccccc2)c1. The molecular weight excluding hydrogens is 425 g/mol. The molecule has 0 unspecified atom stereocenters. The van der Waals surface area contributed by atoms with Crippen LogP contribution in [0.25, 0.3) is 16.9 Å². The van der Waals surface area contributed by atoms with Gasteiger partial charge in [-0.25, -0.2) is 4.68 Å². The van der Waals surface area contributed by atoms with Crippen molar-refractivity contribution < 1.29 is 13.2 Å². The highest BCUT2D eigenvalue weighted by molar-refractivity contribution is 6.33. The van der Waals surface area contributed by atoms with Gasteiger partial charge in [-0.3, -0.25) is 5.43 Å². The van der Waals surface area contributed by atoms with Gasteiger partial charge in [0.15, 0.2) is 0 Å². The number of hydrazone groups is 1. The minimum atomic E-state index is -4.47. The van der Waals surface area contributed by atoms with Gasteiger partial charge in [-0.05, 0) is 30.3 Å². The number of para-hydroxylation sites is 1. The third kappa shape index (κ3) is 4.78. The van der Waals surface area contributed by atoms with Crippen LogP contribution < -0.4 is 5.43 Å². The van der Waals surface area contributed by atoms with Crippen LogP contribution in [0.4, 0.5) is 18.9 Å². The predicted octanol–water partition coefficient (Wildman–Crippen LogP) is 6.66. The highest BCUT2D eigenvalue weighted by Crippen LogP contribution is 2.33. The molecule has 0 fully saturated rings. The molecule has 0 saturated heterocycles. The van der Waals surface area contributed by atoms with E-state index in [1.165, 1.54) is 12.3 Å². The third-order valence-corrected chi connectivity index (χ3v) is 4.82. The third-order valence-electron chi connectivity index (χ3n) is 4.49. The monoisotopic (exact) mass is 440 g/mol. The van der Waals surface area contributed by atoms with E-state index in [1.807, 2.05) is 60.7 Å². The van der Waals surface area contributed by atoms with Crippen LogP contribution in [-0.4, -0.2) is 16.0 Å². The van der Waals surface area contributed by atoms with Gasteiger partial charge in [0.05, 0.1) is 28.2 Å². The maximum Gasteiger partial charge on any atom is 0.416 e. The summed E-state index contributed by atoms with van der Waals surface area (Å²) in [6.45, 7) is 0. The molecule has 0 aliphatic carbocycles. The zero-order valence-corrected chi connectivity index (χ0v) is 16.8. The molecule has 0 spiro atoms. The molecule has 8 heteroatoms. The van der Waals surface area contributed by atoms with E-state index in [-0.39, 0.29) is 10.7 Å². The van der Waals surface area contributed by atoms with Crippen molar-refractivity contribution in [3.05, 3.63) is 101 Å². The number of rotatable bonds is 5. The maximum absolute atomic E-state index is 13.0. The van der Waals surface area contributed by atoms with Gasteiger partial charge in [-0.1, -0.05) is 60.1 Å². The summed E-state index contributed by atoms with van der Waals surface area (Å²) in [6, 6.07) is 22.2. The van der Waals surface area contributed by atoms with E-state index >= 15 is 0 Å². The average molecular weight is 441 g/mol. The molecule has 31 heavy (non-hydrogen) atoms. The first-order chi connectivity index (χ1) is 14.9. The van der Waals surface area contributed by atoms with Crippen LogP contribution in [0.5, 0.6) is 0 Å². The minimum absolute atomic E-state index is 0.0597. The Morgan fingerprint density at radius 1 is 0.935 bits per heavy atom. The normalized spacial score (nSPS) is 11.7. The van der Waals surface area contributed by atoms with Crippen LogP contribution in [0.15, 0.2) is 90.2 Å². The van der Waals surface area contributed by atoms with Gasteiger partial charge in [0.1, 0.15) is 5.69 Å². The predicted molar refractivity (Wildman–Crippen MR) is 117 cm³/mol.